The number of ketones is 1. The molecule has 104 valence electrons. The highest BCUT2D eigenvalue weighted by Gasteiger charge is 2.19. The van der Waals surface area contributed by atoms with E-state index >= 15 is 0 Å². The fourth-order valence-electron chi connectivity index (χ4n) is 2.96. The molecule has 0 aliphatic heterocycles. The maximum absolute atomic E-state index is 12.0. The number of hydrogen-bond acceptors (Lipinski definition) is 2. The molecule has 1 unspecified atom stereocenters. The Hall–Kier alpha value is -0.790. The van der Waals surface area contributed by atoms with Crippen molar-refractivity contribution in [1.82, 2.24) is 0 Å². The van der Waals surface area contributed by atoms with Gasteiger partial charge in [0.05, 0.1) is 7.11 Å². The van der Waals surface area contributed by atoms with Gasteiger partial charge in [-0.05, 0) is 18.8 Å². The van der Waals surface area contributed by atoms with Crippen LogP contribution >= 0.6 is 0 Å². The van der Waals surface area contributed by atoms with Crippen LogP contribution in [-0.2, 0) is 9.53 Å². The molecule has 0 aromatic rings. The Morgan fingerprint density at radius 3 is 2.50 bits per heavy atom. The number of carbonyl (C=O) groups excluding carboxylic acids is 1. The number of allylic oxidation sites excluding steroid dienone is 2. The summed E-state index contributed by atoms with van der Waals surface area (Å²) < 4.78 is 5.43. The summed E-state index contributed by atoms with van der Waals surface area (Å²) in [4.78, 5) is 12.0. The van der Waals surface area contributed by atoms with Crippen LogP contribution in [0.3, 0.4) is 0 Å². The first-order valence-corrected chi connectivity index (χ1v) is 7.49. The van der Waals surface area contributed by atoms with Crippen molar-refractivity contribution in [3.63, 3.8) is 0 Å². The Labute approximate surface area is 112 Å². The monoisotopic (exact) mass is 252 g/mol. The second kappa shape index (κ2) is 8.34. The van der Waals surface area contributed by atoms with E-state index in [1.54, 1.807) is 13.2 Å². The molecule has 2 nitrogen and oxygen atoms in total. The van der Waals surface area contributed by atoms with Gasteiger partial charge in [0.2, 0.25) is 0 Å². The third-order valence-corrected chi connectivity index (χ3v) is 4.04. The minimum atomic E-state index is 0.258. The van der Waals surface area contributed by atoms with Crippen LogP contribution in [0.1, 0.15) is 65.2 Å². The third kappa shape index (κ3) is 4.83. The van der Waals surface area contributed by atoms with Gasteiger partial charge in [0.15, 0.2) is 5.78 Å². The van der Waals surface area contributed by atoms with Crippen molar-refractivity contribution in [2.45, 2.75) is 65.2 Å². The molecule has 1 rings (SSSR count). The van der Waals surface area contributed by atoms with Crippen LogP contribution in [0, 0.1) is 11.8 Å². The normalized spacial score (nSPS) is 18.9. The van der Waals surface area contributed by atoms with Crippen LogP contribution in [-0.4, -0.2) is 12.9 Å². The standard InChI is InChI=1S/C16H28O2/c1-4-8-14(5-2)16(18-3)12-15(17)11-13-9-6-7-10-13/h12-14H,4-11H2,1-3H3/b16-12-. The fourth-order valence-corrected chi connectivity index (χ4v) is 2.96. The molecule has 0 saturated heterocycles. The molecule has 0 radical (unpaired) electrons. The van der Waals surface area contributed by atoms with Gasteiger partial charge in [0, 0.05) is 18.4 Å². The minimum absolute atomic E-state index is 0.258. The van der Waals surface area contributed by atoms with Crippen LogP contribution in [0.5, 0.6) is 0 Å². The van der Waals surface area contributed by atoms with Gasteiger partial charge in [-0.25, -0.2) is 0 Å². The van der Waals surface area contributed by atoms with Gasteiger partial charge in [0.25, 0.3) is 0 Å². The maximum Gasteiger partial charge on any atom is 0.159 e. The molecule has 1 fully saturated rings. The van der Waals surface area contributed by atoms with E-state index in [1.807, 2.05) is 0 Å². The Bertz CT molecular complexity index is 275. The number of hydrogen-bond donors (Lipinski definition) is 0. The molecule has 0 spiro atoms. The smallest absolute Gasteiger partial charge is 0.159 e. The topological polar surface area (TPSA) is 26.3 Å². The van der Waals surface area contributed by atoms with Crippen molar-refractivity contribution in [3.8, 4) is 0 Å². The summed E-state index contributed by atoms with van der Waals surface area (Å²) in [5, 5.41) is 0. The van der Waals surface area contributed by atoms with Crippen LogP contribution in [0.15, 0.2) is 11.8 Å². The number of ether oxygens (including phenoxy) is 1. The Kier molecular flexibility index (Phi) is 7.07. The van der Waals surface area contributed by atoms with Crippen LogP contribution in [0.2, 0.25) is 0 Å². The van der Waals surface area contributed by atoms with Gasteiger partial charge >= 0.3 is 0 Å². The highest BCUT2D eigenvalue weighted by molar-refractivity contribution is 5.90. The first-order valence-electron chi connectivity index (χ1n) is 7.49. The zero-order valence-electron chi connectivity index (χ0n) is 12.2. The molecule has 1 aliphatic carbocycles. The summed E-state index contributed by atoms with van der Waals surface area (Å²) in [6, 6.07) is 0. The second-order valence-electron chi connectivity index (χ2n) is 5.47. The average Bonchev–Trinajstić information content (AvgIpc) is 2.86. The number of carbonyl (C=O) groups is 1. The van der Waals surface area contributed by atoms with Gasteiger partial charge in [-0.3, -0.25) is 4.79 Å². The lowest BCUT2D eigenvalue weighted by Crippen LogP contribution is -2.09. The number of rotatable bonds is 8. The van der Waals surface area contributed by atoms with Crippen LogP contribution < -0.4 is 0 Å². The van der Waals surface area contributed by atoms with Crippen molar-refractivity contribution < 1.29 is 9.53 Å². The molecular formula is C16H28O2. The van der Waals surface area contributed by atoms with Crippen LogP contribution in [0.25, 0.3) is 0 Å². The van der Waals surface area contributed by atoms with E-state index in [0.717, 1.165) is 31.4 Å². The van der Waals surface area contributed by atoms with E-state index in [9.17, 15) is 4.79 Å². The van der Waals surface area contributed by atoms with Crippen LogP contribution in [0.4, 0.5) is 0 Å². The summed E-state index contributed by atoms with van der Waals surface area (Å²) in [5.41, 5.74) is 0. The molecule has 0 N–H and O–H groups in total. The van der Waals surface area contributed by atoms with E-state index in [4.69, 9.17) is 4.74 Å². The predicted molar refractivity (Wildman–Crippen MR) is 75.4 cm³/mol. The van der Waals surface area contributed by atoms with Gasteiger partial charge in [-0.15, -0.1) is 0 Å². The van der Waals surface area contributed by atoms with Crippen molar-refractivity contribution in [2.75, 3.05) is 7.11 Å². The zero-order chi connectivity index (χ0) is 13.4. The molecule has 0 aromatic carbocycles. The third-order valence-electron chi connectivity index (χ3n) is 4.04. The second-order valence-corrected chi connectivity index (χ2v) is 5.47. The summed E-state index contributed by atoms with van der Waals surface area (Å²) in [7, 11) is 1.69. The maximum atomic E-state index is 12.0. The average molecular weight is 252 g/mol. The van der Waals surface area contributed by atoms with Gasteiger partial charge in [-0.1, -0.05) is 46.0 Å². The molecule has 1 aliphatic rings. The van der Waals surface area contributed by atoms with E-state index < -0.39 is 0 Å². The quantitative estimate of drug-likeness (QED) is 0.470. The Morgan fingerprint density at radius 1 is 1.33 bits per heavy atom. The lowest BCUT2D eigenvalue weighted by atomic mass is 9.95. The largest absolute Gasteiger partial charge is 0.501 e. The molecule has 1 saturated carbocycles. The summed E-state index contributed by atoms with van der Waals surface area (Å²) in [6.45, 7) is 4.34. The summed E-state index contributed by atoms with van der Waals surface area (Å²) in [6.07, 6.45) is 10.8. The highest BCUT2D eigenvalue weighted by atomic mass is 16.5. The van der Waals surface area contributed by atoms with E-state index in [-0.39, 0.29) is 5.78 Å². The van der Waals surface area contributed by atoms with Crippen molar-refractivity contribution in [1.29, 1.82) is 0 Å². The summed E-state index contributed by atoms with van der Waals surface area (Å²) in [5.74, 6) is 2.18. The van der Waals surface area contributed by atoms with E-state index in [0.29, 0.717) is 11.8 Å². The molecule has 0 aromatic heterocycles. The van der Waals surface area contributed by atoms with Crippen molar-refractivity contribution >= 4 is 5.78 Å². The molecule has 18 heavy (non-hydrogen) atoms. The van der Waals surface area contributed by atoms with Crippen molar-refractivity contribution in [3.05, 3.63) is 11.8 Å². The molecule has 0 bridgehead atoms. The Balaban J connectivity index is 2.55. The summed E-state index contributed by atoms with van der Waals surface area (Å²) >= 11 is 0. The molecule has 0 heterocycles. The van der Waals surface area contributed by atoms with Gasteiger partial charge in [0.1, 0.15) is 5.76 Å². The SMILES string of the molecule is CCCC(CC)/C(=C/C(=O)CC1CCCC1)OC. The molecule has 0 amide bonds. The molecular weight excluding hydrogens is 224 g/mol. The minimum Gasteiger partial charge on any atom is -0.501 e. The zero-order valence-corrected chi connectivity index (χ0v) is 12.2. The van der Waals surface area contributed by atoms with Gasteiger partial charge < -0.3 is 4.74 Å². The van der Waals surface area contributed by atoms with E-state index in [2.05, 4.69) is 13.8 Å². The first kappa shape index (κ1) is 15.3. The van der Waals surface area contributed by atoms with Gasteiger partial charge in [-0.2, -0.15) is 0 Å². The molecule has 1 atom stereocenters. The Morgan fingerprint density at radius 2 is 2.00 bits per heavy atom. The predicted octanol–water partition coefficient (Wildman–Crippen LogP) is 4.49. The molecule has 2 heteroatoms. The highest BCUT2D eigenvalue weighted by Crippen LogP contribution is 2.28. The first-order chi connectivity index (χ1) is 8.71. The van der Waals surface area contributed by atoms with Crippen molar-refractivity contribution in [2.24, 2.45) is 11.8 Å². The fraction of sp³-hybridized carbons (Fsp3) is 0.812. The van der Waals surface area contributed by atoms with E-state index in [1.165, 1.54) is 25.7 Å². The lowest BCUT2D eigenvalue weighted by Gasteiger charge is -2.17. The number of methoxy groups -OCH3 is 1. The lowest BCUT2D eigenvalue weighted by molar-refractivity contribution is -0.115.